The van der Waals surface area contributed by atoms with Gasteiger partial charge in [0.1, 0.15) is 0 Å². The van der Waals surface area contributed by atoms with Crippen molar-refractivity contribution >= 4 is 17.0 Å². The molecule has 0 spiro atoms. The quantitative estimate of drug-likeness (QED) is 0.649. The lowest BCUT2D eigenvalue weighted by atomic mass is 10.0. The van der Waals surface area contributed by atoms with Crippen molar-refractivity contribution in [3.63, 3.8) is 0 Å². The zero-order valence-electron chi connectivity index (χ0n) is 9.30. The molecule has 0 saturated carbocycles. The Labute approximate surface area is 91.6 Å². The molecular weight excluding hydrogens is 228 g/mol. The fourth-order valence-corrected chi connectivity index (χ4v) is 1.48. The fourth-order valence-electron chi connectivity index (χ4n) is 1.48. The molecule has 1 aliphatic rings. The van der Waals surface area contributed by atoms with E-state index in [1.165, 1.54) is 22.5 Å². The minimum Gasteiger partial charge on any atom is -0.293 e. The van der Waals surface area contributed by atoms with Crippen molar-refractivity contribution in [1.29, 1.82) is 0 Å². The van der Waals surface area contributed by atoms with E-state index in [0.29, 0.717) is 0 Å². The Morgan fingerprint density at radius 2 is 0.923 bits per heavy atom. The molecule has 0 unspecified atom stereocenters. The van der Waals surface area contributed by atoms with E-state index >= 15 is 0 Å². The zero-order valence-corrected chi connectivity index (χ0v) is 11.0. The summed E-state index contributed by atoms with van der Waals surface area (Å²) in [5.74, 6) is 0. The van der Waals surface area contributed by atoms with Gasteiger partial charge in [0.25, 0.3) is 0 Å². The second kappa shape index (κ2) is 4.18. The Morgan fingerprint density at radius 3 is 1.15 bits per heavy atom. The highest BCUT2D eigenvalue weighted by Crippen LogP contribution is 2.27. The maximum atomic E-state index is 2.18. The molecule has 0 aromatic heterocycles. The number of halogens is 1. The molecule has 0 aliphatic carbocycles. The lowest BCUT2D eigenvalue weighted by molar-refractivity contribution is 0.0995. The summed E-state index contributed by atoms with van der Waals surface area (Å²) >= 11 is 0. The highest BCUT2D eigenvalue weighted by molar-refractivity contribution is 8.93. The predicted octanol–water partition coefficient (Wildman–Crippen LogP) is 2.94. The molecule has 1 rings (SSSR count). The van der Waals surface area contributed by atoms with Crippen molar-refractivity contribution < 1.29 is 0 Å². The summed E-state index contributed by atoms with van der Waals surface area (Å²) in [6, 6.07) is 0. The van der Waals surface area contributed by atoms with Gasteiger partial charge in [-0.15, -0.1) is 17.0 Å². The van der Waals surface area contributed by atoms with Crippen LogP contribution in [0.3, 0.4) is 0 Å². The van der Waals surface area contributed by atoms with Crippen molar-refractivity contribution in [3.05, 3.63) is 22.5 Å². The molecular formula is C10H19BrN2. The highest BCUT2D eigenvalue weighted by atomic mass is 79.9. The Morgan fingerprint density at radius 1 is 0.692 bits per heavy atom. The van der Waals surface area contributed by atoms with Crippen LogP contribution in [-0.2, 0) is 0 Å². The van der Waals surface area contributed by atoms with Gasteiger partial charge in [-0.05, 0) is 38.8 Å². The summed E-state index contributed by atoms with van der Waals surface area (Å²) in [5.41, 5.74) is 5.46. The van der Waals surface area contributed by atoms with Crippen LogP contribution in [-0.4, -0.2) is 24.1 Å². The molecule has 1 aliphatic heterocycles. The second-order valence-corrected chi connectivity index (χ2v) is 3.47. The average molecular weight is 247 g/mol. The van der Waals surface area contributed by atoms with Crippen LogP contribution in [0.4, 0.5) is 0 Å². The zero-order chi connectivity index (χ0) is 9.46. The number of rotatable bonds is 0. The first kappa shape index (κ1) is 12.6. The molecule has 13 heavy (non-hydrogen) atoms. The van der Waals surface area contributed by atoms with Gasteiger partial charge in [0, 0.05) is 25.5 Å². The minimum atomic E-state index is 0. The van der Waals surface area contributed by atoms with Gasteiger partial charge in [0.05, 0.1) is 0 Å². The van der Waals surface area contributed by atoms with Gasteiger partial charge >= 0.3 is 0 Å². The largest absolute Gasteiger partial charge is 0.293 e. The van der Waals surface area contributed by atoms with Crippen molar-refractivity contribution in [3.8, 4) is 0 Å². The van der Waals surface area contributed by atoms with Crippen molar-refractivity contribution in [2.24, 2.45) is 0 Å². The summed E-state index contributed by atoms with van der Waals surface area (Å²) in [6.07, 6.45) is 0. The predicted molar refractivity (Wildman–Crippen MR) is 62.6 cm³/mol. The minimum absolute atomic E-state index is 0. The van der Waals surface area contributed by atoms with Crippen molar-refractivity contribution in [2.75, 3.05) is 14.1 Å². The van der Waals surface area contributed by atoms with E-state index in [4.69, 9.17) is 0 Å². The number of hydrogen-bond donors (Lipinski definition) is 0. The molecule has 76 valence electrons. The third-order valence-electron chi connectivity index (χ3n) is 3.07. The Balaban J connectivity index is 0.00000144. The van der Waals surface area contributed by atoms with E-state index in [2.05, 4.69) is 51.8 Å². The first-order valence-corrected chi connectivity index (χ1v) is 4.29. The third-order valence-corrected chi connectivity index (χ3v) is 3.07. The van der Waals surface area contributed by atoms with Gasteiger partial charge in [-0.3, -0.25) is 10.0 Å². The van der Waals surface area contributed by atoms with Crippen LogP contribution in [0.15, 0.2) is 22.5 Å². The lowest BCUT2D eigenvalue weighted by Crippen LogP contribution is -2.37. The molecule has 0 bridgehead atoms. The molecule has 0 atom stereocenters. The normalized spacial score (nSPS) is 18.0. The van der Waals surface area contributed by atoms with Gasteiger partial charge in [0.15, 0.2) is 0 Å². The molecule has 0 saturated heterocycles. The number of hydrogen-bond acceptors (Lipinski definition) is 2. The van der Waals surface area contributed by atoms with Crippen LogP contribution in [0.1, 0.15) is 27.7 Å². The number of hydrazine groups is 1. The van der Waals surface area contributed by atoms with Crippen molar-refractivity contribution in [2.45, 2.75) is 27.7 Å². The van der Waals surface area contributed by atoms with Gasteiger partial charge in [-0.2, -0.15) is 0 Å². The highest BCUT2D eigenvalue weighted by Gasteiger charge is 2.18. The molecule has 0 aromatic rings. The number of nitrogens with zero attached hydrogens (tertiary/aromatic N) is 2. The Hall–Kier alpha value is -0.440. The van der Waals surface area contributed by atoms with E-state index in [9.17, 15) is 0 Å². The standard InChI is InChI=1S/C10H18N2.BrH/c1-7-8(2)10(4)12(6)11(5)9(7)3;/h1-6H3;1H. The monoisotopic (exact) mass is 246 g/mol. The van der Waals surface area contributed by atoms with Gasteiger partial charge in [0.2, 0.25) is 0 Å². The number of allylic oxidation sites excluding steroid dienone is 4. The topological polar surface area (TPSA) is 6.48 Å². The molecule has 3 heteroatoms. The van der Waals surface area contributed by atoms with Gasteiger partial charge < -0.3 is 0 Å². The fraction of sp³-hybridized carbons (Fsp3) is 0.600. The van der Waals surface area contributed by atoms with E-state index in [0.717, 1.165) is 0 Å². The molecule has 2 nitrogen and oxygen atoms in total. The smallest absolute Gasteiger partial charge is 0.0346 e. The molecule has 0 aromatic carbocycles. The Bertz CT molecular complexity index is 238. The summed E-state index contributed by atoms with van der Waals surface area (Å²) in [7, 11) is 4.18. The molecule has 0 fully saturated rings. The van der Waals surface area contributed by atoms with Crippen LogP contribution < -0.4 is 0 Å². The second-order valence-electron chi connectivity index (χ2n) is 3.47. The van der Waals surface area contributed by atoms with Crippen molar-refractivity contribution in [1.82, 2.24) is 10.0 Å². The first-order valence-electron chi connectivity index (χ1n) is 4.29. The SMILES string of the molecule is Br.CC1=C(C)N(C)N(C)C(C)=C1C. The van der Waals surface area contributed by atoms with Crippen LogP contribution in [0.2, 0.25) is 0 Å². The third kappa shape index (κ3) is 1.90. The molecule has 0 radical (unpaired) electrons. The Kier molecular flexibility index (Phi) is 4.04. The van der Waals surface area contributed by atoms with Crippen LogP contribution in [0.5, 0.6) is 0 Å². The maximum Gasteiger partial charge on any atom is 0.0346 e. The van der Waals surface area contributed by atoms with Gasteiger partial charge in [-0.25, -0.2) is 0 Å². The summed E-state index contributed by atoms with van der Waals surface area (Å²) < 4.78 is 0. The lowest BCUT2D eigenvalue weighted by Gasteiger charge is -2.39. The summed E-state index contributed by atoms with van der Waals surface area (Å²) in [4.78, 5) is 0. The molecule has 0 amide bonds. The summed E-state index contributed by atoms with van der Waals surface area (Å²) in [5, 5.41) is 4.36. The van der Waals surface area contributed by atoms with E-state index in [1.807, 2.05) is 0 Å². The van der Waals surface area contributed by atoms with Crippen LogP contribution in [0.25, 0.3) is 0 Å². The summed E-state index contributed by atoms with van der Waals surface area (Å²) in [6.45, 7) is 8.67. The first-order chi connectivity index (χ1) is 5.46. The maximum absolute atomic E-state index is 2.18. The van der Waals surface area contributed by atoms with Gasteiger partial charge in [-0.1, -0.05) is 0 Å². The van der Waals surface area contributed by atoms with Crippen LogP contribution >= 0.6 is 17.0 Å². The molecule has 0 N–H and O–H groups in total. The van der Waals surface area contributed by atoms with Crippen LogP contribution in [0, 0.1) is 0 Å². The van der Waals surface area contributed by atoms with E-state index in [-0.39, 0.29) is 17.0 Å². The van der Waals surface area contributed by atoms with E-state index in [1.54, 1.807) is 0 Å². The molecule has 1 heterocycles. The average Bonchev–Trinajstić information content (AvgIpc) is 2.08. The van der Waals surface area contributed by atoms with E-state index < -0.39 is 0 Å².